The van der Waals surface area contributed by atoms with E-state index in [4.69, 9.17) is 14.2 Å². The number of esters is 1. The summed E-state index contributed by atoms with van der Waals surface area (Å²) in [6.07, 6.45) is 1.53. The minimum Gasteiger partial charge on any atom is -0.493 e. The molecule has 0 atom stereocenters. The van der Waals surface area contributed by atoms with Gasteiger partial charge in [0.1, 0.15) is 12.4 Å². The van der Waals surface area contributed by atoms with Gasteiger partial charge in [-0.15, -0.1) is 0 Å². The van der Waals surface area contributed by atoms with E-state index >= 15 is 0 Å². The molecule has 0 bridgehead atoms. The number of carbonyl (C=O) groups is 1. The van der Waals surface area contributed by atoms with Crippen molar-refractivity contribution in [2.24, 2.45) is 4.99 Å². The van der Waals surface area contributed by atoms with Gasteiger partial charge in [-0.2, -0.15) is 0 Å². The van der Waals surface area contributed by atoms with Crippen molar-refractivity contribution in [3.8, 4) is 11.5 Å². The van der Waals surface area contributed by atoms with Crippen molar-refractivity contribution in [3.05, 3.63) is 102 Å². The van der Waals surface area contributed by atoms with E-state index < -0.39 is 10.9 Å². The van der Waals surface area contributed by atoms with Crippen LogP contribution in [0.15, 0.2) is 65.3 Å². The second-order valence-electron chi connectivity index (χ2n) is 7.55. The van der Waals surface area contributed by atoms with Crippen LogP contribution in [0.25, 0.3) is 6.08 Å². The van der Waals surface area contributed by atoms with E-state index in [0.717, 1.165) is 0 Å². The summed E-state index contributed by atoms with van der Waals surface area (Å²) in [5.74, 6) is -0.141. The van der Waals surface area contributed by atoms with Crippen molar-refractivity contribution in [3.63, 3.8) is 0 Å². The molecule has 3 aromatic carbocycles. The molecule has 4 rings (SSSR count). The van der Waals surface area contributed by atoms with Crippen molar-refractivity contribution < 1.29 is 28.3 Å². The lowest BCUT2D eigenvalue weighted by Crippen LogP contribution is -2.06. The van der Waals surface area contributed by atoms with Crippen molar-refractivity contribution >= 4 is 46.2 Å². The fourth-order valence-electron chi connectivity index (χ4n) is 3.38. The molecule has 1 aliphatic rings. The van der Waals surface area contributed by atoms with Crippen LogP contribution in [0.3, 0.4) is 0 Å². The third-order valence-corrected chi connectivity index (χ3v) is 5.90. The third-order valence-electron chi connectivity index (χ3n) is 5.10. The number of hydrogen-bond donors (Lipinski definition) is 0. The molecule has 0 unspecified atom stereocenters. The molecule has 0 fully saturated rings. The molecule has 0 radical (unpaired) electrons. The average Bonchev–Trinajstić information content (AvgIpc) is 3.18. The smallest absolute Gasteiger partial charge is 0.363 e. The summed E-state index contributed by atoms with van der Waals surface area (Å²) < 4.78 is 30.7. The minimum absolute atomic E-state index is 0.0129. The fourth-order valence-corrected chi connectivity index (χ4v) is 4.16. The minimum atomic E-state index is -0.677. The van der Waals surface area contributed by atoms with Gasteiger partial charge in [-0.05, 0) is 77.0 Å². The zero-order chi connectivity index (χ0) is 25.1. The van der Waals surface area contributed by atoms with Gasteiger partial charge < -0.3 is 14.2 Å². The number of aryl methyl sites for hydroxylation is 1. The highest BCUT2D eigenvalue weighted by Crippen LogP contribution is 2.35. The molecule has 0 amide bonds. The number of nitro groups is 1. The number of aliphatic imine (C=N–C) groups is 1. The third kappa shape index (κ3) is 5.48. The molecule has 0 aliphatic carbocycles. The van der Waals surface area contributed by atoms with Crippen LogP contribution in [-0.2, 0) is 16.1 Å². The highest BCUT2D eigenvalue weighted by molar-refractivity contribution is 14.1. The molecule has 1 heterocycles. The number of methoxy groups -OCH3 is 1. The number of nitro benzene ring substituents is 1. The Morgan fingerprint density at radius 3 is 2.71 bits per heavy atom. The number of halogens is 2. The maximum absolute atomic E-state index is 13.4. The van der Waals surface area contributed by atoms with E-state index in [1.807, 2.05) is 0 Å². The van der Waals surface area contributed by atoms with Gasteiger partial charge in [0, 0.05) is 17.2 Å². The van der Waals surface area contributed by atoms with Crippen molar-refractivity contribution in [1.82, 2.24) is 0 Å². The Morgan fingerprint density at radius 2 is 2.00 bits per heavy atom. The Balaban J connectivity index is 1.61. The van der Waals surface area contributed by atoms with Gasteiger partial charge in [0.25, 0.3) is 5.69 Å². The summed E-state index contributed by atoms with van der Waals surface area (Å²) in [5, 5.41) is 11.2. The number of ether oxygens (including phenoxy) is 3. The molecule has 3 aromatic rings. The van der Waals surface area contributed by atoms with Gasteiger partial charge in [0.2, 0.25) is 5.90 Å². The van der Waals surface area contributed by atoms with E-state index in [9.17, 15) is 19.3 Å². The number of cyclic esters (lactones) is 1. The molecular weight excluding hydrogens is 570 g/mol. The van der Waals surface area contributed by atoms with Crippen LogP contribution < -0.4 is 9.47 Å². The zero-order valence-electron chi connectivity index (χ0n) is 18.6. The van der Waals surface area contributed by atoms with E-state index in [1.165, 1.54) is 31.4 Å². The standard InChI is InChI=1S/C25H18FIN2O6/c1-14-6-7-17(12-21(14)29(31)32)24-28-20(25(30)35-24)10-16-9-19(27)23(22(11-16)33-2)34-13-15-4-3-5-18(26)8-15/h3-12H,13H2,1-2H3/b20-10-. The first-order valence-electron chi connectivity index (χ1n) is 10.3. The van der Waals surface area contributed by atoms with Crippen LogP contribution in [0.2, 0.25) is 0 Å². The molecule has 0 aromatic heterocycles. The van der Waals surface area contributed by atoms with Crippen LogP contribution in [0.5, 0.6) is 11.5 Å². The lowest BCUT2D eigenvalue weighted by atomic mass is 10.1. The number of hydrogen-bond acceptors (Lipinski definition) is 7. The second kappa shape index (κ2) is 10.2. The Bertz CT molecular complexity index is 1400. The summed E-state index contributed by atoms with van der Waals surface area (Å²) >= 11 is 2.08. The molecule has 35 heavy (non-hydrogen) atoms. The quantitative estimate of drug-likeness (QED) is 0.118. The number of benzene rings is 3. The van der Waals surface area contributed by atoms with Crippen molar-refractivity contribution in [2.75, 3.05) is 7.11 Å². The van der Waals surface area contributed by atoms with E-state index in [0.29, 0.717) is 37.3 Å². The van der Waals surface area contributed by atoms with Crippen LogP contribution in [-0.4, -0.2) is 23.9 Å². The summed E-state index contributed by atoms with van der Waals surface area (Å²) in [4.78, 5) is 27.4. The first-order chi connectivity index (χ1) is 16.7. The molecule has 1 aliphatic heterocycles. The lowest BCUT2D eigenvalue weighted by molar-refractivity contribution is -0.385. The zero-order valence-corrected chi connectivity index (χ0v) is 20.7. The van der Waals surface area contributed by atoms with Crippen LogP contribution in [0.4, 0.5) is 10.1 Å². The van der Waals surface area contributed by atoms with Crippen LogP contribution >= 0.6 is 22.6 Å². The molecular formula is C25H18FIN2O6. The molecule has 0 saturated heterocycles. The Hall–Kier alpha value is -3.80. The summed E-state index contributed by atoms with van der Waals surface area (Å²) in [6, 6.07) is 14.1. The maximum Gasteiger partial charge on any atom is 0.363 e. The second-order valence-corrected chi connectivity index (χ2v) is 8.71. The van der Waals surface area contributed by atoms with Crippen LogP contribution in [0, 0.1) is 26.4 Å². The molecule has 178 valence electrons. The fraction of sp³-hybridized carbons (Fsp3) is 0.120. The Labute approximate surface area is 213 Å². The SMILES string of the molecule is COc1cc(/C=C2\N=C(c3ccc(C)c([N+](=O)[O-])c3)OC2=O)cc(I)c1OCc1cccc(F)c1. The number of rotatable bonds is 7. The van der Waals surface area contributed by atoms with E-state index in [1.54, 1.807) is 43.3 Å². The van der Waals surface area contributed by atoms with Gasteiger partial charge >= 0.3 is 5.97 Å². The van der Waals surface area contributed by atoms with Gasteiger partial charge in [0.15, 0.2) is 17.2 Å². The average molecular weight is 588 g/mol. The number of carbonyl (C=O) groups excluding carboxylic acids is 1. The topological polar surface area (TPSA) is 100 Å². The molecule has 0 spiro atoms. The van der Waals surface area contributed by atoms with Gasteiger partial charge in [-0.3, -0.25) is 10.1 Å². The molecule has 10 heteroatoms. The van der Waals surface area contributed by atoms with Crippen LogP contribution in [0.1, 0.15) is 22.3 Å². The van der Waals surface area contributed by atoms with Gasteiger partial charge in [0.05, 0.1) is 15.6 Å². The highest BCUT2D eigenvalue weighted by Gasteiger charge is 2.26. The first-order valence-corrected chi connectivity index (χ1v) is 11.4. The Morgan fingerprint density at radius 1 is 1.20 bits per heavy atom. The summed E-state index contributed by atoms with van der Waals surface area (Å²) in [5.41, 5.74) is 2.03. The molecule has 0 saturated carbocycles. The maximum atomic E-state index is 13.4. The highest BCUT2D eigenvalue weighted by atomic mass is 127. The lowest BCUT2D eigenvalue weighted by Gasteiger charge is -2.14. The largest absolute Gasteiger partial charge is 0.493 e. The summed E-state index contributed by atoms with van der Waals surface area (Å²) in [6.45, 7) is 1.77. The normalized spacial score (nSPS) is 14.0. The van der Waals surface area contributed by atoms with E-state index in [2.05, 4.69) is 27.6 Å². The predicted molar refractivity (Wildman–Crippen MR) is 135 cm³/mol. The number of nitrogens with zero attached hydrogens (tertiary/aromatic N) is 2. The van der Waals surface area contributed by atoms with Gasteiger partial charge in [-0.1, -0.05) is 18.2 Å². The van der Waals surface area contributed by atoms with Gasteiger partial charge in [-0.25, -0.2) is 14.2 Å². The van der Waals surface area contributed by atoms with Crippen molar-refractivity contribution in [1.29, 1.82) is 0 Å². The van der Waals surface area contributed by atoms with Crippen molar-refractivity contribution in [2.45, 2.75) is 13.5 Å². The van der Waals surface area contributed by atoms with E-state index in [-0.39, 0.29) is 29.7 Å². The monoisotopic (exact) mass is 588 g/mol. The predicted octanol–water partition coefficient (Wildman–Crippen LogP) is 5.58. The molecule has 8 nitrogen and oxygen atoms in total. The summed E-state index contributed by atoms with van der Waals surface area (Å²) in [7, 11) is 1.49. The Kier molecular flexibility index (Phi) is 7.10. The molecule has 0 N–H and O–H groups in total. The first kappa shape index (κ1) is 24.3.